The van der Waals surface area contributed by atoms with Crippen LogP contribution >= 0.6 is 0 Å². The summed E-state index contributed by atoms with van der Waals surface area (Å²) in [5.74, 6) is -0.487. The Balaban J connectivity index is 1.35. The Morgan fingerprint density at radius 3 is 1.73 bits per heavy atom. The number of rotatable bonds is 9. The summed E-state index contributed by atoms with van der Waals surface area (Å²) >= 11 is 0. The van der Waals surface area contributed by atoms with Crippen molar-refractivity contribution in [3.8, 4) is 0 Å². The van der Waals surface area contributed by atoms with E-state index >= 15 is 0 Å². The van der Waals surface area contributed by atoms with Gasteiger partial charge in [0.15, 0.2) is 11.6 Å². The molecule has 3 aliphatic heterocycles. The molecule has 0 aromatic rings. The van der Waals surface area contributed by atoms with Crippen molar-refractivity contribution >= 4 is 29.3 Å². The smallest absolute Gasteiger partial charge is 0.245 e. The van der Waals surface area contributed by atoms with Crippen molar-refractivity contribution < 1.29 is 29.1 Å². The lowest BCUT2D eigenvalue weighted by molar-refractivity contribution is -0.148. The van der Waals surface area contributed by atoms with Crippen LogP contribution in [0.25, 0.3) is 0 Å². The Morgan fingerprint density at radius 2 is 1.16 bits per heavy atom. The molecule has 9 nitrogen and oxygen atoms in total. The first-order valence-corrected chi connectivity index (χ1v) is 14.2. The van der Waals surface area contributed by atoms with Crippen molar-refractivity contribution in [3.63, 3.8) is 0 Å². The summed E-state index contributed by atoms with van der Waals surface area (Å²) in [6, 6.07) is -1.53. The summed E-state index contributed by atoms with van der Waals surface area (Å²) in [7, 11) is 0. The fourth-order valence-corrected chi connectivity index (χ4v) is 6.91. The third-order valence-corrected chi connectivity index (χ3v) is 8.84. The first-order chi connectivity index (χ1) is 17.6. The summed E-state index contributed by atoms with van der Waals surface area (Å²) in [6.45, 7) is 4.75. The van der Waals surface area contributed by atoms with Gasteiger partial charge in [0.05, 0.1) is 12.1 Å². The molecule has 1 saturated carbocycles. The number of aliphatic hydroxyl groups excluding tert-OH is 1. The average molecular weight is 518 g/mol. The summed E-state index contributed by atoms with van der Waals surface area (Å²) in [6.07, 6.45) is 8.43. The highest BCUT2D eigenvalue weighted by Crippen LogP contribution is 2.34. The minimum absolute atomic E-state index is 0.0666. The van der Waals surface area contributed by atoms with Gasteiger partial charge in [0.25, 0.3) is 0 Å². The molecule has 4 rings (SSSR count). The molecule has 3 amide bonds. The molecule has 3 saturated heterocycles. The molecule has 0 spiro atoms. The molecule has 3 atom stereocenters. The Kier molecular flexibility index (Phi) is 8.71. The molecule has 0 aromatic carbocycles. The summed E-state index contributed by atoms with van der Waals surface area (Å²) in [5.41, 5.74) is -0.614. The fourth-order valence-electron chi connectivity index (χ4n) is 6.91. The van der Waals surface area contributed by atoms with Gasteiger partial charge in [0.1, 0.15) is 12.6 Å². The zero-order valence-electron chi connectivity index (χ0n) is 22.5. The van der Waals surface area contributed by atoms with Gasteiger partial charge in [-0.05, 0) is 56.8 Å². The molecule has 37 heavy (non-hydrogen) atoms. The van der Waals surface area contributed by atoms with Crippen LogP contribution in [0.4, 0.5) is 0 Å². The number of carbonyl (C=O) groups is 5. The molecular weight excluding hydrogens is 474 g/mol. The maximum Gasteiger partial charge on any atom is 0.245 e. The van der Waals surface area contributed by atoms with Gasteiger partial charge >= 0.3 is 0 Å². The number of aliphatic hydroxyl groups is 1. The maximum atomic E-state index is 13.4. The largest absolute Gasteiger partial charge is 0.389 e. The molecular formula is C28H43N3O6. The zero-order valence-corrected chi connectivity index (χ0v) is 22.5. The van der Waals surface area contributed by atoms with E-state index in [2.05, 4.69) is 0 Å². The monoisotopic (exact) mass is 517 g/mol. The number of nitrogens with zero attached hydrogens (tertiary/aromatic N) is 3. The molecule has 3 heterocycles. The number of carbonyl (C=O) groups excluding carboxylic acids is 5. The van der Waals surface area contributed by atoms with Crippen molar-refractivity contribution in [1.29, 1.82) is 0 Å². The Labute approximate surface area is 219 Å². The van der Waals surface area contributed by atoms with Crippen molar-refractivity contribution in [2.45, 2.75) is 109 Å². The van der Waals surface area contributed by atoms with E-state index in [9.17, 15) is 29.1 Å². The van der Waals surface area contributed by atoms with Crippen LogP contribution in [-0.4, -0.2) is 93.5 Å². The van der Waals surface area contributed by atoms with E-state index in [-0.39, 0.29) is 54.1 Å². The normalized spacial score (nSPS) is 26.8. The lowest BCUT2D eigenvalue weighted by Crippen LogP contribution is -2.51. The third-order valence-electron chi connectivity index (χ3n) is 8.84. The van der Waals surface area contributed by atoms with E-state index in [0.29, 0.717) is 45.3 Å². The molecule has 1 unspecified atom stereocenters. The van der Waals surface area contributed by atoms with E-state index in [1.165, 1.54) is 0 Å². The SMILES string of the molecule is CC(C)(CC(=O)N1CCC[C@H]1C(=O)C1CCCC1)CC(=O)N1CCC[C@H]1C(=O)N1CCCC1C(=O)CO. The average Bonchev–Trinajstić information content (AvgIpc) is 3.68. The first-order valence-electron chi connectivity index (χ1n) is 14.2. The minimum atomic E-state index is -0.614. The Morgan fingerprint density at radius 1 is 0.676 bits per heavy atom. The minimum Gasteiger partial charge on any atom is -0.389 e. The highest BCUT2D eigenvalue weighted by Gasteiger charge is 2.44. The van der Waals surface area contributed by atoms with Gasteiger partial charge in [0, 0.05) is 38.4 Å². The van der Waals surface area contributed by atoms with Gasteiger partial charge in [-0.3, -0.25) is 24.0 Å². The van der Waals surface area contributed by atoms with Crippen LogP contribution in [-0.2, 0) is 24.0 Å². The lowest BCUT2D eigenvalue weighted by atomic mass is 9.84. The van der Waals surface area contributed by atoms with Gasteiger partial charge < -0.3 is 19.8 Å². The molecule has 0 aromatic heterocycles. The fraction of sp³-hybridized carbons (Fsp3) is 0.821. The van der Waals surface area contributed by atoms with E-state index < -0.39 is 24.1 Å². The predicted octanol–water partition coefficient (Wildman–Crippen LogP) is 2.09. The number of Topliss-reactive ketones (excluding diaryl/α,β-unsaturated/α-hetero) is 2. The lowest BCUT2D eigenvalue weighted by Gasteiger charge is -2.34. The Bertz CT molecular complexity index is 912. The molecule has 0 bridgehead atoms. The van der Waals surface area contributed by atoms with E-state index in [4.69, 9.17) is 0 Å². The summed E-state index contributed by atoms with van der Waals surface area (Å²) in [4.78, 5) is 70.1. The highest BCUT2D eigenvalue weighted by atomic mass is 16.3. The van der Waals surface area contributed by atoms with Crippen LogP contribution < -0.4 is 0 Å². The van der Waals surface area contributed by atoms with Crippen LogP contribution in [0.3, 0.4) is 0 Å². The Hall–Kier alpha value is -2.29. The van der Waals surface area contributed by atoms with Crippen LogP contribution in [0.5, 0.6) is 0 Å². The van der Waals surface area contributed by atoms with Gasteiger partial charge in [-0.15, -0.1) is 0 Å². The number of hydrogen-bond donors (Lipinski definition) is 1. The van der Waals surface area contributed by atoms with Crippen LogP contribution in [0.1, 0.15) is 90.9 Å². The number of amides is 3. The predicted molar refractivity (Wildman–Crippen MR) is 136 cm³/mol. The second kappa shape index (κ2) is 11.6. The van der Waals surface area contributed by atoms with E-state index in [1.807, 2.05) is 13.8 Å². The molecule has 206 valence electrons. The molecule has 1 N–H and O–H groups in total. The van der Waals surface area contributed by atoms with Crippen LogP contribution in [0.15, 0.2) is 0 Å². The number of likely N-dealkylation sites (tertiary alicyclic amines) is 3. The van der Waals surface area contributed by atoms with Crippen LogP contribution in [0.2, 0.25) is 0 Å². The second-order valence-corrected chi connectivity index (χ2v) is 12.2. The number of ketones is 2. The van der Waals surface area contributed by atoms with E-state index in [1.54, 1.807) is 14.7 Å². The molecule has 4 fully saturated rings. The van der Waals surface area contributed by atoms with Crippen LogP contribution in [0, 0.1) is 11.3 Å². The molecule has 0 radical (unpaired) electrons. The summed E-state index contributed by atoms with van der Waals surface area (Å²) < 4.78 is 0. The molecule has 1 aliphatic carbocycles. The van der Waals surface area contributed by atoms with Crippen molar-refractivity contribution in [2.75, 3.05) is 26.2 Å². The molecule has 9 heteroatoms. The van der Waals surface area contributed by atoms with Crippen molar-refractivity contribution in [2.24, 2.45) is 11.3 Å². The first kappa shape index (κ1) is 27.7. The van der Waals surface area contributed by atoms with Gasteiger partial charge in [-0.25, -0.2) is 0 Å². The highest BCUT2D eigenvalue weighted by molar-refractivity contribution is 5.94. The topological polar surface area (TPSA) is 115 Å². The zero-order chi connectivity index (χ0) is 26.7. The van der Waals surface area contributed by atoms with E-state index in [0.717, 1.165) is 38.5 Å². The molecule has 4 aliphatic rings. The number of hydrogen-bond acceptors (Lipinski definition) is 6. The van der Waals surface area contributed by atoms with Gasteiger partial charge in [-0.1, -0.05) is 26.7 Å². The van der Waals surface area contributed by atoms with Crippen molar-refractivity contribution in [3.05, 3.63) is 0 Å². The summed E-state index contributed by atoms with van der Waals surface area (Å²) in [5, 5.41) is 9.28. The van der Waals surface area contributed by atoms with Crippen molar-refractivity contribution in [1.82, 2.24) is 14.7 Å². The van der Waals surface area contributed by atoms with Gasteiger partial charge in [0.2, 0.25) is 17.7 Å². The standard InChI is InChI=1S/C28H43N3O6/c1-28(2,16-24(34)29-13-6-11-21(29)26(36)19-8-3-4-9-19)17-25(35)30-14-7-12-22(30)27(37)31-15-5-10-20(31)23(33)18-32/h19-22,32H,3-18H2,1-2H3/t20?,21-,22-/m0/s1. The quantitative estimate of drug-likeness (QED) is 0.501. The maximum absolute atomic E-state index is 13.4. The third kappa shape index (κ3) is 6.07. The second-order valence-electron chi connectivity index (χ2n) is 12.2. The van der Waals surface area contributed by atoms with Gasteiger partial charge in [-0.2, -0.15) is 0 Å².